The standard InChI is InChI=1S/C11H12FN/c1-8-3-4-10(7-13)5-11(8)9(2)6-12/h3-5,9H,6H2,1-2H3. The van der Waals surface area contributed by atoms with Crippen LogP contribution in [0.15, 0.2) is 18.2 Å². The first kappa shape index (κ1) is 9.73. The highest BCUT2D eigenvalue weighted by molar-refractivity contribution is 5.39. The average molecular weight is 177 g/mol. The number of nitrogens with zero attached hydrogens (tertiary/aromatic N) is 1. The lowest BCUT2D eigenvalue weighted by atomic mass is 9.96. The summed E-state index contributed by atoms with van der Waals surface area (Å²) in [5.41, 5.74) is 2.58. The van der Waals surface area contributed by atoms with Crippen molar-refractivity contribution in [3.05, 3.63) is 34.9 Å². The van der Waals surface area contributed by atoms with Crippen molar-refractivity contribution in [3.63, 3.8) is 0 Å². The molecule has 0 saturated heterocycles. The van der Waals surface area contributed by atoms with Crippen molar-refractivity contribution in [1.29, 1.82) is 5.26 Å². The molecule has 1 rings (SSSR count). The minimum atomic E-state index is -0.379. The van der Waals surface area contributed by atoms with Crippen molar-refractivity contribution in [2.45, 2.75) is 19.8 Å². The van der Waals surface area contributed by atoms with Gasteiger partial charge in [0.15, 0.2) is 0 Å². The lowest BCUT2D eigenvalue weighted by Gasteiger charge is -2.10. The molecule has 68 valence electrons. The summed E-state index contributed by atoms with van der Waals surface area (Å²) in [4.78, 5) is 0. The van der Waals surface area contributed by atoms with Crippen LogP contribution in [0.5, 0.6) is 0 Å². The molecule has 0 spiro atoms. The van der Waals surface area contributed by atoms with Gasteiger partial charge in [-0.05, 0) is 30.2 Å². The van der Waals surface area contributed by atoms with E-state index < -0.39 is 0 Å². The molecule has 0 aliphatic rings. The van der Waals surface area contributed by atoms with E-state index in [0.717, 1.165) is 11.1 Å². The van der Waals surface area contributed by atoms with Gasteiger partial charge in [0.25, 0.3) is 0 Å². The second-order valence-electron chi connectivity index (χ2n) is 3.24. The van der Waals surface area contributed by atoms with Gasteiger partial charge in [-0.25, -0.2) is 0 Å². The fourth-order valence-electron chi connectivity index (χ4n) is 1.32. The molecule has 1 unspecified atom stereocenters. The monoisotopic (exact) mass is 177 g/mol. The Hall–Kier alpha value is -1.36. The first-order valence-corrected chi connectivity index (χ1v) is 4.25. The fraction of sp³-hybridized carbons (Fsp3) is 0.364. The average Bonchev–Trinajstić information content (AvgIpc) is 2.17. The van der Waals surface area contributed by atoms with Crippen LogP contribution in [0.3, 0.4) is 0 Å². The van der Waals surface area contributed by atoms with E-state index in [9.17, 15) is 4.39 Å². The van der Waals surface area contributed by atoms with Crippen LogP contribution in [0.4, 0.5) is 4.39 Å². The third-order valence-electron chi connectivity index (χ3n) is 2.17. The maximum atomic E-state index is 12.4. The number of aryl methyl sites for hydroxylation is 1. The van der Waals surface area contributed by atoms with Gasteiger partial charge in [-0.3, -0.25) is 4.39 Å². The minimum absolute atomic E-state index is 0.117. The summed E-state index contributed by atoms with van der Waals surface area (Å²) in [6, 6.07) is 7.43. The molecule has 0 amide bonds. The molecule has 1 aromatic rings. The van der Waals surface area contributed by atoms with Gasteiger partial charge >= 0.3 is 0 Å². The number of nitriles is 1. The maximum Gasteiger partial charge on any atom is 0.0991 e. The molecular formula is C11H12FN. The van der Waals surface area contributed by atoms with Gasteiger partial charge in [0, 0.05) is 5.92 Å². The summed E-state index contributed by atoms with van der Waals surface area (Å²) in [5.74, 6) is -0.117. The van der Waals surface area contributed by atoms with Gasteiger partial charge in [0.1, 0.15) is 0 Å². The number of halogens is 1. The molecule has 0 N–H and O–H groups in total. The Balaban J connectivity index is 3.12. The summed E-state index contributed by atoms with van der Waals surface area (Å²) in [6.45, 7) is 3.38. The number of alkyl halides is 1. The molecule has 0 heterocycles. The Morgan fingerprint density at radius 1 is 1.54 bits per heavy atom. The van der Waals surface area contributed by atoms with E-state index in [4.69, 9.17) is 5.26 Å². The molecule has 0 aliphatic carbocycles. The van der Waals surface area contributed by atoms with E-state index in [1.807, 2.05) is 19.9 Å². The van der Waals surface area contributed by atoms with Crippen LogP contribution < -0.4 is 0 Å². The van der Waals surface area contributed by atoms with Gasteiger partial charge in [0.05, 0.1) is 18.3 Å². The third-order valence-corrected chi connectivity index (χ3v) is 2.17. The second kappa shape index (κ2) is 4.04. The van der Waals surface area contributed by atoms with Crippen molar-refractivity contribution in [2.75, 3.05) is 6.67 Å². The zero-order valence-corrected chi connectivity index (χ0v) is 7.84. The van der Waals surface area contributed by atoms with Crippen LogP contribution in [-0.4, -0.2) is 6.67 Å². The normalized spacial score (nSPS) is 12.2. The first-order valence-electron chi connectivity index (χ1n) is 4.25. The third kappa shape index (κ3) is 2.06. The number of benzene rings is 1. The first-order chi connectivity index (χ1) is 6.19. The van der Waals surface area contributed by atoms with E-state index in [-0.39, 0.29) is 12.6 Å². The minimum Gasteiger partial charge on any atom is -0.250 e. The number of hydrogen-bond donors (Lipinski definition) is 0. The second-order valence-corrected chi connectivity index (χ2v) is 3.24. The molecule has 0 saturated carbocycles. The molecule has 0 fully saturated rings. The molecule has 1 atom stereocenters. The van der Waals surface area contributed by atoms with E-state index in [2.05, 4.69) is 6.07 Å². The molecule has 1 aromatic carbocycles. The van der Waals surface area contributed by atoms with Crippen LogP contribution in [0, 0.1) is 18.3 Å². The smallest absolute Gasteiger partial charge is 0.0991 e. The van der Waals surface area contributed by atoms with Crippen LogP contribution in [0.25, 0.3) is 0 Å². The van der Waals surface area contributed by atoms with Crippen molar-refractivity contribution in [1.82, 2.24) is 0 Å². The lowest BCUT2D eigenvalue weighted by Crippen LogP contribution is -1.98. The van der Waals surface area contributed by atoms with E-state index in [0.29, 0.717) is 5.56 Å². The molecule has 0 aromatic heterocycles. The van der Waals surface area contributed by atoms with E-state index in [1.54, 1.807) is 12.1 Å². The largest absolute Gasteiger partial charge is 0.250 e. The highest BCUT2D eigenvalue weighted by atomic mass is 19.1. The number of rotatable bonds is 2. The maximum absolute atomic E-state index is 12.4. The Morgan fingerprint density at radius 3 is 2.77 bits per heavy atom. The van der Waals surface area contributed by atoms with Crippen LogP contribution >= 0.6 is 0 Å². The Labute approximate surface area is 77.8 Å². The van der Waals surface area contributed by atoms with Gasteiger partial charge in [-0.15, -0.1) is 0 Å². The van der Waals surface area contributed by atoms with Crippen molar-refractivity contribution >= 4 is 0 Å². The predicted octanol–water partition coefficient (Wildman–Crippen LogP) is 2.94. The topological polar surface area (TPSA) is 23.8 Å². The van der Waals surface area contributed by atoms with E-state index >= 15 is 0 Å². The molecule has 1 nitrogen and oxygen atoms in total. The van der Waals surface area contributed by atoms with Gasteiger partial charge < -0.3 is 0 Å². The summed E-state index contributed by atoms with van der Waals surface area (Å²) in [5, 5.41) is 8.66. The quantitative estimate of drug-likeness (QED) is 0.681. The lowest BCUT2D eigenvalue weighted by molar-refractivity contribution is 0.446. The molecule has 0 radical (unpaired) electrons. The van der Waals surface area contributed by atoms with Crippen LogP contribution in [-0.2, 0) is 0 Å². The zero-order valence-electron chi connectivity index (χ0n) is 7.84. The Bertz CT molecular complexity index is 338. The molecular weight excluding hydrogens is 165 g/mol. The summed E-state index contributed by atoms with van der Waals surface area (Å²) < 4.78 is 12.4. The van der Waals surface area contributed by atoms with Gasteiger partial charge in [-0.1, -0.05) is 13.0 Å². The van der Waals surface area contributed by atoms with Crippen LogP contribution in [0.1, 0.15) is 29.5 Å². The highest BCUT2D eigenvalue weighted by Gasteiger charge is 2.08. The predicted molar refractivity (Wildman–Crippen MR) is 50.3 cm³/mol. The molecule has 0 bridgehead atoms. The van der Waals surface area contributed by atoms with Gasteiger partial charge in [0.2, 0.25) is 0 Å². The SMILES string of the molecule is Cc1ccc(C#N)cc1C(C)CF. The van der Waals surface area contributed by atoms with Crippen LogP contribution in [0.2, 0.25) is 0 Å². The number of hydrogen-bond acceptors (Lipinski definition) is 1. The fourth-order valence-corrected chi connectivity index (χ4v) is 1.32. The summed E-state index contributed by atoms with van der Waals surface area (Å²) in [6.07, 6.45) is 0. The Kier molecular flexibility index (Phi) is 3.02. The zero-order chi connectivity index (χ0) is 9.84. The molecule has 13 heavy (non-hydrogen) atoms. The summed E-state index contributed by atoms with van der Waals surface area (Å²) >= 11 is 0. The van der Waals surface area contributed by atoms with Crippen molar-refractivity contribution < 1.29 is 4.39 Å². The van der Waals surface area contributed by atoms with Gasteiger partial charge in [-0.2, -0.15) is 5.26 Å². The Morgan fingerprint density at radius 2 is 2.23 bits per heavy atom. The molecule has 0 aliphatic heterocycles. The van der Waals surface area contributed by atoms with Crippen molar-refractivity contribution in [2.24, 2.45) is 0 Å². The molecule has 2 heteroatoms. The highest BCUT2D eigenvalue weighted by Crippen LogP contribution is 2.20. The van der Waals surface area contributed by atoms with E-state index in [1.165, 1.54) is 0 Å². The summed E-state index contributed by atoms with van der Waals surface area (Å²) in [7, 11) is 0. The van der Waals surface area contributed by atoms with Crippen molar-refractivity contribution in [3.8, 4) is 6.07 Å².